The van der Waals surface area contributed by atoms with E-state index in [2.05, 4.69) is 15.6 Å². The van der Waals surface area contributed by atoms with Crippen molar-refractivity contribution in [1.82, 2.24) is 10.6 Å². The summed E-state index contributed by atoms with van der Waals surface area (Å²) in [5.41, 5.74) is 1.90. The van der Waals surface area contributed by atoms with Crippen molar-refractivity contribution in [2.24, 2.45) is 4.99 Å². The fraction of sp³-hybridized carbons (Fsp3) is 0.409. The second-order valence-corrected chi connectivity index (χ2v) is 7.20. The van der Waals surface area contributed by atoms with Crippen LogP contribution < -0.4 is 20.1 Å². The number of methoxy groups -OCH3 is 1. The maximum absolute atomic E-state index is 10.9. The van der Waals surface area contributed by atoms with Crippen LogP contribution in [0.2, 0.25) is 0 Å². The zero-order valence-corrected chi connectivity index (χ0v) is 20.1. The number of benzene rings is 2. The van der Waals surface area contributed by atoms with E-state index in [1.54, 1.807) is 26.3 Å². The largest absolute Gasteiger partial charge is 0.497 e. The Hall–Kier alpha value is -2.56. The second-order valence-electron chi connectivity index (χ2n) is 7.20. The van der Waals surface area contributed by atoms with Gasteiger partial charge in [-0.25, -0.2) is 0 Å². The van der Waals surface area contributed by atoms with E-state index in [0.29, 0.717) is 19.0 Å². The fourth-order valence-electron chi connectivity index (χ4n) is 3.47. The molecule has 31 heavy (non-hydrogen) atoms. The zero-order valence-electron chi connectivity index (χ0n) is 17.8. The van der Waals surface area contributed by atoms with E-state index in [4.69, 9.17) is 9.47 Å². The monoisotopic (exact) mass is 540 g/mol. The van der Waals surface area contributed by atoms with Crippen LogP contribution in [0.3, 0.4) is 0 Å². The minimum Gasteiger partial charge on any atom is -0.497 e. The van der Waals surface area contributed by atoms with Gasteiger partial charge in [-0.1, -0.05) is 12.1 Å². The molecule has 2 aromatic carbocycles. The molecule has 8 nitrogen and oxygen atoms in total. The van der Waals surface area contributed by atoms with E-state index in [1.165, 1.54) is 18.9 Å². The summed E-state index contributed by atoms with van der Waals surface area (Å²) in [6, 6.07) is 12.4. The third-order valence-electron chi connectivity index (χ3n) is 5.12. The smallest absolute Gasteiger partial charge is 0.269 e. The molecule has 2 N–H and O–H groups in total. The molecule has 0 atom stereocenters. The SMILES string of the molecule is CN=C(NCc1cccc([N+](=O)[O-])c1)NCc1ccc(OC)cc1OC1CCCC1.I. The fourth-order valence-corrected chi connectivity index (χ4v) is 3.47. The lowest BCUT2D eigenvalue weighted by Crippen LogP contribution is -2.36. The number of ether oxygens (including phenoxy) is 2. The van der Waals surface area contributed by atoms with Crippen LogP contribution >= 0.6 is 24.0 Å². The third-order valence-corrected chi connectivity index (χ3v) is 5.12. The van der Waals surface area contributed by atoms with Gasteiger partial charge in [0.1, 0.15) is 11.5 Å². The van der Waals surface area contributed by atoms with E-state index in [-0.39, 0.29) is 35.8 Å². The lowest BCUT2D eigenvalue weighted by molar-refractivity contribution is -0.384. The molecule has 1 fully saturated rings. The summed E-state index contributed by atoms with van der Waals surface area (Å²) in [5, 5.41) is 17.4. The van der Waals surface area contributed by atoms with Gasteiger partial charge in [-0.2, -0.15) is 0 Å². The molecular weight excluding hydrogens is 511 g/mol. The van der Waals surface area contributed by atoms with Crippen LogP contribution in [0.25, 0.3) is 0 Å². The Balaban J connectivity index is 0.00000341. The first-order valence-corrected chi connectivity index (χ1v) is 10.1. The van der Waals surface area contributed by atoms with Gasteiger partial charge in [-0.05, 0) is 43.4 Å². The van der Waals surface area contributed by atoms with E-state index in [9.17, 15) is 10.1 Å². The molecule has 3 rings (SSSR count). The number of nitrogens with zero attached hydrogens (tertiary/aromatic N) is 2. The molecule has 1 aliphatic rings. The first-order valence-electron chi connectivity index (χ1n) is 10.1. The van der Waals surface area contributed by atoms with Crippen molar-refractivity contribution < 1.29 is 14.4 Å². The van der Waals surface area contributed by atoms with Crippen molar-refractivity contribution in [3.05, 3.63) is 63.7 Å². The van der Waals surface area contributed by atoms with Crippen molar-refractivity contribution in [2.75, 3.05) is 14.2 Å². The number of nitro benzene ring substituents is 1. The molecule has 2 aromatic rings. The van der Waals surface area contributed by atoms with Crippen LogP contribution in [-0.2, 0) is 13.1 Å². The zero-order chi connectivity index (χ0) is 21.3. The molecule has 0 spiro atoms. The highest BCUT2D eigenvalue weighted by Gasteiger charge is 2.18. The Morgan fingerprint density at radius 1 is 1.16 bits per heavy atom. The number of guanidine groups is 1. The summed E-state index contributed by atoms with van der Waals surface area (Å²) in [4.78, 5) is 14.8. The Morgan fingerprint density at radius 2 is 1.90 bits per heavy atom. The molecule has 0 amide bonds. The van der Waals surface area contributed by atoms with Crippen LogP contribution in [0.5, 0.6) is 11.5 Å². The summed E-state index contributed by atoms with van der Waals surface area (Å²) in [6.45, 7) is 0.954. The minimum atomic E-state index is -0.397. The van der Waals surface area contributed by atoms with Gasteiger partial charge in [0.2, 0.25) is 0 Å². The Kier molecular flexibility index (Phi) is 9.83. The Labute approximate surface area is 199 Å². The van der Waals surface area contributed by atoms with E-state index in [1.807, 2.05) is 24.3 Å². The number of nitro groups is 1. The molecule has 9 heteroatoms. The second kappa shape index (κ2) is 12.3. The number of hydrogen-bond acceptors (Lipinski definition) is 5. The third kappa shape index (κ3) is 7.27. The molecule has 0 aromatic heterocycles. The van der Waals surface area contributed by atoms with Gasteiger partial charge in [0.25, 0.3) is 5.69 Å². The van der Waals surface area contributed by atoms with Crippen LogP contribution in [0.1, 0.15) is 36.8 Å². The summed E-state index contributed by atoms with van der Waals surface area (Å²) < 4.78 is 11.6. The number of rotatable bonds is 8. The Morgan fingerprint density at radius 3 is 2.58 bits per heavy atom. The van der Waals surface area contributed by atoms with Crippen LogP contribution in [0.15, 0.2) is 47.5 Å². The van der Waals surface area contributed by atoms with Crippen LogP contribution in [0.4, 0.5) is 5.69 Å². The standard InChI is InChI=1S/C22H28N4O4.HI/c1-23-22(24-14-16-6-5-7-18(12-16)26(27)28)25-15-17-10-11-20(29-2)13-21(17)30-19-8-3-4-9-19;/h5-7,10-13,19H,3-4,8-9,14-15H2,1-2H3,(H2,23,24,25);1H. The summed E-state index contributed by atoms with van der Waals surface area (Å²) >= 11 is 0. The van der Waals surface area contributed by atoms with Crippen molar-refractivity contribution in [2.45, 2.75) is 44.9 Å². The average molecular weight is 540 g/mol. The number of non-ortho nitro benzene ring substituents is 1. The lowest BCUT2D eigenvalue weighted by Gasteiger charge is -2.19. The van der Waals surface area contributed by atoms with Gasteiger partial charge in [0.05, 0.1) is 18.1 Å². The molecule has 1 aliphatic carbocycles. The molecule has 1 saturated carbocycles. The maximum atomic E-state index is 10.9. The number of hydrogen-bond donors (Lipinski definition) is 2. The van der Waals surface area contributed by atoms with Crippen molar-refractivity contribution in [3.63, 3.8) is 0 Å². The summed E-state index contributed by atoms with van der Waals surface area (Å²) in [7, 11) is 3.33. The van der Waals surface area contributed by atoms with Crippen molar-refractivity contribution in [3.8, 4) is 11.5 Å². The molecule has 0 saturated heterocycles. The minimum absolute atomic E-state index is 0. The highest BCUT2D eigenvalue weighted by Crippen LogP contribution is 2.30. The quantitative estimate of drug-likeness (QED) is 0.169. The molecule has 0 bridgehead atoms. The van der Waals surface area contributed by atoms with Crippen molar-refractivity contribution in [1.29, 1.82) is 0 Å². The van der Waals surface area contributed by atoms with E-state index >= 15 is 0 Å². The summed E-state index contributed by atoms with van der Waals surface area (Å²) in [6.07, 6.45) is 4.82. The Bertz CT molecular complexity index is 901. The molecule has 0 heterocycles. The normalized spacial score (nSPS) is 13.9. The molecule has 0 unspecified atom stereocenters. The van der Waals surface area contributed by atoms with Gasteiger partial charge in [-0.15, -0.1) is 24.0 Å². The average Bonchev–Trinajstić information content (AvgIpc) is 3.27. The van der Waals surface area contributed by atoms with Gasteiger partial charge >= 0.3 is 0 Å². The van der Waals surface area contributed by atoms with Gasteiger partial charge in [-0.3, -0.25) is 15.1 Å². The van der Waals surface area contributed by atoms with E-state index in [0.717, 1.165) is 35.5 Å². The topological polar surface area (TPSA) is 98.0 Å². The highest BCUT2D eigenvalue weighted by molar-refractivity contribution is 14.0. The molecule has 0 radical (unpaired) electrons. The molecule has 0 aliphatic heterocycles. The lowest BCUT2D eigenvalue weighted by atomic mass is 10.1. The van der Waals surface area contributed by atoms with Gasteiger partial charge in [0, 0.05) is 43.9 Å². The number of aliphatic imine (C=N–C) groups is 1. The summed E-state index contributed by atoms with van der Waals surface area (Å²) in [5.74, 6) is 2.19. The highest BCUT2D eigenvalue weighted by atomic mass is 127. The van der Waals surface area contributed by atoms with Crippen molar-refractivity contribution >= 4 is 35.6 Å². The van der Waals surface area contributed by atoms with Gasteiger partial charge in [0.15, 0.2) is 5.96 Å². The first-order chi connectivity index (χ1) is 14.6. The number of nitrogens with one attached hydrogen (secondary N) is 2. The predicted octanol–water partition coefficient (Wildman–Crippen LogP) is 4.41. The maximum Gasteiger partial charge on any atom is 0.269 e. The van der Waals surface area contributed by atoms with E-state index < -0.39 is 4.92 Å². The molecule has 168 valence electrons. The molecular formula is C22H29IN4O4. The predicted molar refractivity (Wildman–Crippen MR) is 131 cm³/mol. The van der Waals surface area contributed by atoms with Gasteiger partial charge < -0.3 is 20.1 Å². The van der Waals surface area contributed by atoms with Crippen LogP contribution in [0, 0.1) is 10.1 Å². The number of halogens is 1. The first kappa shape index (κ1) is 24.7. The van der Waals surface area contributed by atoms with Crippen LogP contribution in [-0.4, -0.2) is 31.1 Å².